The summed E-state index contributed by atoms with van der Waals surface area (Å²) in [5.41, 5.74) is 0.696. The van der Waals surface area contributed by atoms with E-state index < -0.39 is 23.4 Å². The first kappa shape index (κ1) is 15.4. The van der Waals surface area contributed by atoms with Crippen LogP contribution in [0.15, 0.2) is 22.5 Å². The van der Waals surface area contributed by atoms with Crippen LogP contribution in [0.2, 0.25) is 0 Å². The van der Waals surface area contributed by atoms with Gasteiger partial charge in [-0.3, -0.25) is 14.8 Å². The zero-order valence-electron chi connectivity index (χ0n) is 11.6. The van der Waals surface area contributed by atoms with Crippen molar-refractivity contribution >= 4 is 35.4 Å². The van der Waals surface area contributed by atoms with Crippen LogP contribution in [0, 0.1) is 0 Å². The van der Waals surface area contributed by atoms with Crippen molar-refractivity contribution in [2.75, 3.05) is 5.75 Å². The van der Waals surface area contributed by atoms with E-state index in [4.69, 9.17) is 0 Å². The third-order valence-electron chi connectivity index (χ3n) is 3.59. The monoisotopic (exact) mass is 342 g/mol. The number of carboxylic acid groups (broad SMARTS) is 1. The van der Waals surface area contributed by atoms with E-state index >= 15 is 0 Å². The molecule has 0 bridgehead atoms. The SMILES string of the molecule is CCC(Sc1cnn[nH]1)C1=C(C(=O)O)N2C(=O)[C@@H](O)[C@@H]2SC1. The zero-order chi connectivity index (χ0) is 15.9. The fourth-order valence-corrected chi connectivity index (χ4v) is 5.00. The van der Waals surface area contributed by atoms with Crippen LogP contribution in [0.5, 0.6) is 0 Å². The number of β-lactam (4-membered cyclic amide) rings is 1. The van der Waals surface area contributed by atoms with Crippen LogP contribution in [-0.2, 0) is 9.59 Å². The molecule has 1 aromatic heterocycles. The summed E-state index contributed by atoms with van der Waals surface area (Å²) in [5, 5.41) is 29.4. The highest BCUT2D eigenvalue weighted by molar-refractivity contribution is 8.01. The molecule has 1 aromatic rings. The van der Waals surface area contributed by atoms with Crippen LogP contribution in [0.3, 0.4) is 0 Å². The fraction of sp³-hybridized carbons (Fsp3) is 0.500. The molecule has 0 aromatic carbocycles. The number of nitrogens with one attached hydrogen (secondary N) is 1. The molecule has 22 heavy (non-hydrogen) atoms. The van der Waals surface area contributed by atoms with E-state index in [9.17, 15) is 19.8 Å². The number of carbonyl (C=O) groups is 2. The number of fused-ring (bicyclic) bond motifs is 1. The first-order valence-corrected chi connectivity index (χ1v) is 8.59. The minimum Gasteiger partial charge on any atom is -0.477 e. The van der Waals surface area contributed by atoms with Crippen LogP contribution in [-0.4, -0.2) is 64.9 Å². The maximum atomic E-state index is 11.8. The Labute approximate surface area is 134 Å². The van der Waals surface area contributed by atoms with E-state index in [-0.39, 0.29) is 10.9 Å². The number of hydrogen-bond donors (Lipinski definition) is 3. The van der Waals surface area contributed by atoms with Crippen molar-refractivity contribution in [1.29, 1.82) is 0 Å². The molecule has 1 unspecified atom stereocenters. The number of aliphatic hydroxyl groups is 1. The van der Waals surface area contributed by atoms with Crippen LogP contribution < -0.4 is 0 Å². The lowest BCUT2D eigenvalue weighted by atomic mass is 10.0. The van der Waals surface area contributed by atoms with Gasteiger partial charge in [0.1, 0.15) is 16.1 Å². The average molecular weight is 342 g/mol. The summed E-state index contributed by atoms with van der Waals surface area (Å²) in [6.07, 6.45) is 1.17. The quantitative estimate of drug-likeness (QED) is 0.516. The van der Waals surface area contributed by atoms with Gasteiger partial charge in [0, 0.05) is 11.0 Å². The second-order valence-electron chi connectivity index (χ2n) is 4.87. The van der Waals surface area contributed by atoms with Gasteiger partial charge in [-0.05, 0) is 12.0 Å². The van der Waals surface area contributed by atoms with Gasteiger partial charge in [-0.15, -0.1) is 16.9 Å². The molecule has 2 aliphatic heterocycles. The molecule has 3 N–H and O–H groups in total. The Kier molecular flexibility index (Phi) is 4.15. The van der Waals surface area contributed by atoms with Crippen LogP contribution >= 0.6 is 23.5 Å². The van der Waals surface area contributed by atoms with Gasteiger partial charge in [0.2, 0.25) is 0 Å². The maximum absolute atomic E-state index is 11.8. The van der Waals surface area contributed by atoms with Crippen molar-refractivity contribution in [1.82, 2.24) is 20.3 Å². The standard InChI is InChI=1S/C12H14N4O4S2/c1-2-6(22-7-3-13-15-14-7)5-4-21-11-9(17)10(18)16(11)8(5)12(19)20/h3,6,9,11,17H,2,4H2,1H3,(H,19,20)(H,13,14,15)/t6?,9-,11+/m1/s1. The lowest BCUT2D eigenvalue weighted by Gasteiger charge is -2.47. The Bertz CT molecular complexity index is 633. The van der Waals surface area contributed by atoms with Gasteiger partial charge in [-0.1, -0.05) is 23.9 Å². The van der Waals surface area contributed by atoms with E-state index in [2.05, 4.69) is 15.4 Å². The lowest BCUT2D eigenvalue weighted by Crippen LogP contribution is -2.65. The lowest BCUT2D eigenvalue weighted by molar-refractivity contribution is -0.159. The largest absolute Gasteiger partial charge is 0.477 e. The Morgan fingerprint density at radius 2 is 2.45 bits per heavy atom. The number of nitrogens with zero attached hydrogens (tertiary/aromatic N) is 3. The average Bonchev–Trinajstić information content (AvgIpc) is 3.03. The van der Waals surface area contributed by atoms with E-state index in [1.54, 1.807) is 6.20 Å². The first-order chi connectivity index (χ1) is 10.5. The number of amides is 1. The molecule has 0 aliphatic carbocycles. The highest BCUT2D eigenvalue weighted by Crippen LogP contribution is 2.44. The number of aliphatic carboxylic acids is 1. The second kappa shape index (κ2) is 5.94. The molecule has 3 rings (SSSR count). The van der Waals surface area contributed by atoms with Crippen molar-refractivity contribution < 1.29 is 19.8 Å². The zero-order valence-corrected chi connectivity index (χ0v) is 13.2. The Morgan fingerprint density at radius 1 is 1.68 bits per heavy atom. The van der Waals surface area contributed by atoms with Crippen LogP contribution in [0.25, 0.3) is 0 Å². The van der Waals surface area contributed by atoms with Crippen molar-refractivity contribution in [3.63, 3.8) is 0 Å². The fourth-order valence-electron chi connectivity index (χ4n) is 2.54. The predicted octanol–water partition coefficient (Wildman–Crippen LogP) is 0.290. The third-order valence-corrected chi connectivity index (χ3v) is 6.23. The smallest absolute Gasteiger partial charge is 0.352 e. The predicted molar refractivity (Wildman–Crippen MR) is 80.1 cm³/mol. The number of rotatable bonds is 5. The molecular formula is C12H14N4O4S2. The molecule has 1 saturated heterocycles. The van der Waals surface area contributed by atoms with E-state index in [0.29, 0.717) is 17.7 Å². The third kappa shape index (κ3) is 2.40. The minimum atomic E-state index is -1.14. The molecule has 3 heterocycles. The molecule has 118 valence electrons. The van der Waals surface area contributed by atoms with Crippen LogP contribution in [0.1, 0.15) is 13.3 Å². The summed E-state index contributed by atoms with van der Waals surface area (Å²) >= 11 is 2.83. The number of aromatic nitrogens is 3. The highest BCUT2D eigenvalue weighted by atomic mass is 32.2. The number of thioether (sulfide) groups is 2. The summed E-state index contributed by atoms with van der Waals surface area (Å²) in [4.78, 5) is 24.7. The molecule has 0 radical (unpaired) electrons. The highest BCUT2D eigenvalue weighted by Gasteiger charge is 2.53. The second-order valence-corrected chi connectivity index (χ2v) is 7.22. The first-order valence-electron chi connectivity index (χ1n) is 6.66. The van der Waals surface area contributed by atoms with Crippen molar-refractivity contribution in [3.8, 4) is 0 Å². The number of carboxylic acids is 1. The van der Waals surface area contributed by atoms with Gasteiger partial charge < -0.3 is 10.2 Å². The number of hydrogen-bond acceptors (Lipinski definition) is 7. The van der Waals surface area contributed by atoms with Crippen molar-refractivity contribution in [3.05, 3.63) is 17.5 Å². The minimum absolute atomic E-state index is 0.00544. The van der Waals surface area contributed by atoms with Gasteiger partial charge in [-0.25, -0.2) is 4.79 Å². The normalized spacial score (nSPS) is 25.7. The molecule has 1 fully saturated rings. The molecule has 3 atom stereocenters. The van der Waals surface area contributed by atoms with Gasteiger partial charge in [0.25, 0.3) is 5.91 Å². The van der Waals surface area contributed by atoms with Gasteiger partial charge in [0.15, 0.2) is 6.10 Å². The summed E-state index contributed by atoms with van der Waals surface area (Å²) in [6.45, 7) is 1.96. The van der Waals surface area contributed by atoms with Crippen LogP contribution in [0.4, 0.5) is 0 Å². The van der Waals surface area contributed by atoms with E-state index in [1.807, 2.05) is 6.92 Å². The molecular weight excluding hydrogens is 328 g/mol. The molecule has 1 amide bonds. The van der Waals surface area contributed by atoms with Gasteiger partial charge >= 0.3 is 5.97 Å². The molecule has 2 aliphatic rings. The van der Waals surface area contributed by atoms with Gasteiger partial charge in [-0.2, -0.15) is 0 Å². The summed E-state index contributed by atoms with van der Waals surface area (Å²) < 4.78 is 0. The molecule has 0 saturated carbocycles. The Hall–Kier alpha value is -1.52. The summed E-state index contributed by atoms with van der Waals surface area (Å²) in [5.74, 6) is -1.21. The molecule has 8 nitrogen and oxygen atoms in total. The number of H-pyrrole nitrogens is 1. The number of aromatic amines is 1. The topological polar surface area (TPSA) is 119 Å². The van der Waals surface area contributed by atoms with Crippen molar-refractivity contribution in [2.45, 2.75) is 35.1 Å². The number of carbonyl (C=O) groups excluding carboxylic acids is 1. The van der Waals surface area contributed by atoms with Gasteiger partial charge in [0.05, 0.1) is 6.20 Å². The van der Waals surface area contributed by atoms with E-state index in [1.165, 1.54) is 28.4 Å². The summed E-state index contributed by atoms with van der Waals surface area (Å²) in [7, 11) is 0. The maximum Gasteiger partial charge on any atom is 0.352 e. The summed E-state index contributed by atoms with van der Waals surface area (Å²) in [6, 6.07) is 0. The Balaban J connectivity index is 1.94. The van der Waals surface area contributed by atoms with E-state index in [0.717, 1.165) is 5.03 Å². The number of aliphatic hydroxyl groups excluding tert-OH is 1. The van der Waals surface area contributed by atoms with Crippen molar-refractivity contribution in [2.24, 2.45) is 0 Å². The molecule has 0 spiro atoms. The molecule has 10 heteroatoms. The Morgan fingerprint density at radius 3 is 3.05 bits per heavy atom.